The Labute approximate surface area is 62.8 Å². The van der Waals surface area contributed by atoms with Crippen molar-refractivity contribution in [1.29, 1.82) is 0 Å². The van der Waals surface area contributed by atoms with Gasteiger partial charge in [0, 0.05) is 11.8 Å². The van der Waals surface area contributed by atoms with Gasteiger partial charge < -0.3 is 4.79 Å². The lowest BCUT2D eigenvalue weighted by Gasteiger charge is -2.16. The van der Waals surface area contributed by atoms with Gasteiger partial charge in [0.2, 0.25) is 0 Å². The molecule has 0 aromatic rings. The molecule has 0 bridgehead atoms. The molecule has 0 aromatic carbocycles. The van der Waals surface area contributed by atoms with E-state index >= 15 is 0 Å². The van der Waals surface area contributed by atoms with E-state index in [-0.39, 0.29) is 5.41 Å². The molecule has 1 atom stereocenters. The van der Waals surface area contributed by atoms with Gasteiger partial charge in [-0.1, -0.05) is 13.8 Å². The fraction of sp³-hybridized carbons (Fsp3) is 0.667. The van der Waals surface area contributed by atoms with E-state index in [0.29, 0.717) is 6.42 Å². The monoisotopic (exact) mass is 138 g/mol. The lowest BCUT2D eigenvalue weighted by atomic mass is 9.86. The summed E-state index contributed by atoms with van der Waals surface area (Å²) in [5.41, 5.74) is -0.219. The maximum Gasteiger partial charge on any atom is 0.126 e. The summed E-state index contributed by atoms with van der Waals surface area (Å²) in [6.07, 6.45) is 2.55. The third-order valence-corrected chi connectivity index (χ3v) is 1.76. The van der Waals surface area contributed by atoms with Crippen LogP contribution in [0.1, 0.15) is 33.6 Å². The molecule has 0 radical (unpaired) electrons. The van der Waals surface area contributed by atoms with Gasteiger partial charge in [-0.3, -0.25) is 0 Å². The molecule has 1 heteroatoms. The first-order valence-corrected chi connectivity index (χ1v) is 3.54. The van der Waals surface area contributed by atoms with E-state index in [2.05, 4.69) is 11.8 Å². The van der Waals surface area contributed by atoms with Crippen molar-refractivity contribution in [3.05, 3.63) is 0 Å². The predicted octanol–water partition coefficient (Wildman–Crippen LogP) is 2.02. The molecule has 0 aliphatic carbocycles. The van der Waals surface area contributed by atoms with Crippen LogP contribution in [0.5, 0.6) is 0 Å². The number of rotatable bonds is 3. The second kappa shape index (κ2) is 4.11. The van der Waals surface area contributed by atoms with Crippen molar-refractivity contribution in [2.75, 3.05) is 0 Å². The van der Waals surface area contributed by atoms with Crippen LogP contribution in [0.25, 0.3) is 0 Å². The first-order chi connectivity index (χ1) is 4.68. The van der Waals surface area contributed by atoms with Crippen LogP contribution in [0.3, 0.4) is 0 Å². The van der Waals surface area contributed by atoms with Crippen LogP contribution >= 0.6 is 0 Å². The van der Waals surface area contributed by atoms with Crippen molar-refractivity contribution in [3.8, 4) is 11.8 Å². The minimum absolute atomic E-state index is 0.219. The largest absolute Gasteiger partial charge is 0.303 e. The zero-order valence-electron chi connectivity index (χ0n) is 6.90. The Morgan fingerprint density at radius 2 is 2.20 bits per heavy atom. The molecule has 1 unspecified atom stereocenters. The molecule has 0 spiro atoms. The summed E-state index contributed by atoms with van der Waals surface area (Å²) in [5.74, 6) is 5.69. The van der Waals surface area contributed by atoms with Crippen LogP contribution < -0.4 is 0 Å². The second-order valence-corrected chi connectivity index (χ2v) is 2.73. The van der Waals surface area contributed by atoms with Crippen molar-refractivity contribution >= 4 is 6.29 Å². The number of hydrogen-bond donors (Lipinski definition) is 0. The van der Waals surface area contributed by atoms with Crippen molar-refractivity contribution in [2.24, 2.45) is 5.41 Å². The van der Waals surface area contributed by atoms with Gasteiger partial charge in [-0.25, -0.2) is 0 Å². The summed E-state index contributed by atoms with van der Waals surface area (Å²) < 4.78 is 0. The van der Waals surface area contributed by atoms with Crippen molar-refractivity contribution < 1.29 is 4.79 Å². The highest BCUT2D eigenvalue weighted by Crippen LogP contribution is 2.21. The SMILES string of the molecule is CC#CCC(C)(C=O)CC. The van der Waals surface area contributed by atoms with Crippen LogP contribution in [-0.4, -0.2) is 6.29 Å². The predicted molar refractivity (Wildman–Crippen MR) is 42.5 cm³/mol. The molecule has 0 aromatic heterocycles. The average Bonchev–Trinajstić information content (AvgIpc) is 2.00. The molecule has 0 rings (SSSR count). The molecule has 0 aliphatic rings. The number of hydrogen-bond acceptors (Lipinski definition) is 1. The van der Waals surface area contributed by atoms with Crippen LogP contribution in [0, 0.1) is 17.3 Å². The Bertz CT molecular complexity index is 161. The fourth-order valence-corrected chi connectivity index (χ4v) is 0.540. The van der Waals surface area contributed by atoms with E-state index in [1.165, 1.54) is 0 Å². The minimum Gasteiger partial charge on any atom is -0.303 e. The van der Waals surface area contributed by atoms with Crippen molar-refractivity contribution in [1.82, 2.24) is 0 Å². The molecule has 0 saturated heterocycles. The quantitative estimate of drug-likeness (QED) is 0.430. The Morgan fingerprint density at radius 3 is 2.50 bits per heavy atom. The van der Waals surface area contributed by atoms with Crippen LogP contribution in [0.15, 0.2) is 0 Å². The number of carbonyl (C=O) groups is 1. The van der Waals surface area contributed by atoms with E-state index in [1.807, 2.05) is 13.8 Å². The molecule has 10 heavy (non-hydrogen) atoms. The molecule has 0 N–H and O–H groups in total. The standard InChI is InChI=1S/C9H14O/c1-4-6-7-9(3,5-2)8-10/h8H,5,7H2,1-3H3. The van der Waals surface area contributed by atoms with Gasteiger partial charge in [0.25, 0.3) is 0 Å². The molecule has 0 saturated carbocycles. The summed E-state index contributed by atoms with van der Waals surface area (Å²) in [5, 5.41) is 0. The van der Waals surface area contributed by atoms with Crippen LogP contribution in [0.2, 0.25) is 0 Å². The molecule has 0 amide bonds. The Morgan fingerprint density at radius 1 is 1.60 bits per heavy atom. The van der Waals surface area contributed by atoms with Gasteiger partial charge in [-0.2, -0.15) is 0 Å². The molecule has 1 nitrogen and oxygen atoms in total. The van der Waals surface area contributed by atoms with E-state index in [0.717, 1.165) is 12.7 Å². The molecule has 56 valence electrons. The fourth-order valence-electron chi connectivity index (χ4n) is 0.540. The molecular weight excluding hydrogens is 124 g/mol. The van der Waals surface area contributed by atoms with Crippen LogP contribution in [-0.2, 0) is 4.79 Å². The van der Waals surface area contributed by atoms with Crippen molar-refractivity contribution in [2.45, 2.75) is 33.6 Å². The summed E-state index contributed by atoms with van der Waals surface area (Å²) in [4.78, 5) is 10.5. The highest BCUT2D eigenvalue weighted by Gasteiger charge is 2.18. The molecular formula is C9H14O. The van der Waals surface area contributed by atoms with Crippen LogP contribution in [0.4, 0.5) is 0 Å². The third kappa shape index (κ3) is 2.68. The minimum atomic E-state index is -0.219. The number of carbonyl (C=O) groups excluding carboxylic acids is 1. The van der Waals surface area contributed by atoms with Gasteiger partial charge in [0.05, 0.1) is 0 Å². The molecule has 0 heterocycles. The zero-order chi connectivity index (χ0) is 8.04. The van der Waals surface area contributed by atoms with E-state index in [9.17, 15) is 4.79 Å². The van der Waals surface area contributed by atoms with Gasteiger partial charge >= 0.3 is 0 Å². The molecule has 0 aliphatic heterocycles. The first-order valence-electron chi connectivity index (χ1n) is 3.54. The van der Waals surface area contributed by atoms with Gasteiger partial charge in [0.1, 0.15) is 6.29 Å². The van der Waals surface area contributed by atoms with Gasteiger partial charge in [-0.15, -0.1) is 11.8 Å². The smallest absolute Gasteiger partial charge is 0.126 e. The normalized spacial score (nSPS) is 14.7. The number of aldehydes is 1. The third-order valence-electron chi connectivity index (χ3n) is 1.76. The highest BCUT2D eigenvalue weighted by atomic mass is 16.1. The topological polar surface area (TPSA) is 17.1 Å². The second-order valence-electron chi connectivity index (χ2n) is 2.73. The van der Waals surface area contributed by atoms with E-state index < -0.39 is 0 Å². The Balaban J connectivity index is 4.01. The highest BCUT2D eigenvalue weighted by molar-refractivity contribution is 5.59. The maximum atomic E-state index is 10.5. The van der Waals surface area contributed by atoms with Gasteiger partial charge in [-0.05, 0) is 13.3 Å². The van der Waals surface area contributed by atoms with E-state index in [4.69, 9.17) is 0 Å². The molecule has 0 fully saturated rings. The Kier molecular flexibility index (Phi) is 3.79. The first kappa shape index (κ1) is 9.23. The average molecular weight is 138 g/mol. The summed E-state index contributed by atoms with van der Waals surface area (Å²) >= 11 is 0. The lowest BCUT2D eigenvalue weighted by molar-refractivity contribution is -0.115. The van der Waals surface area contributed by atoms with Gasteiger partial charge in [0.15, 0.2) is 0 Å². The van der Waals surface area contributed by atoms with E-state index in [1.54, 1.807) is 6.92 Å². The Hall–Kier alpha value is -0.770. The zero-order valence-corrected chi connectivity index (χ0v) is 6.90. The summed E-state index contributed by atoms with van der Waals surface area (Å²) in [6.45, 7) is 5.73. The van der Waals surface area contributed by atoms with Crippen molar-refractivity contribution in [3.63, 3.8) is 0 Å². The lowest BCUT2D eigenvalue weighted by Crippen LogP contribution is -2.15. The summed E-state index contributed by atoms with van der Waals surface area (Å²) in [7, 11) is 0. The maximum absolute atomic E-state index is 10.5. The summed E-state index contributed by atoms with van der Waals surface area (Å²) in [6, 6.07) is 0.